The van der Waals surface area contributed by atoms with Crippen LogP contribution in [0, 0.1) is 26.7 Å². The lowest BCUT2D eigenvalue weighted by Gasteiger charge is -2.24. The van der Waals surface area contributed by atoms with Gasteiger partial charge in [0.2, 0.25) is 0 Å². The number of aryl methyl sites for hydroxylation is 3. The molecule has 3 rings (SSSR count). The quantitative estimate of drug-likeness (QED) is 0.831. The largest absolute Gasteiger partial charge is 0.304 e. The Kier molecular flexibility index (Phi) is 3.68. The minimum absolute atomic E-state index is 0.0453. The van der Waals surface area contributed by atoms with E-state index in [1.165, 1.54) is 36.8 Å². The molecule has 2 aliphatic rings. The molecule has 3 unspecified atom stereocenters. The van der Waals surface area contributed by atoms with Crippen LogP contribution in [0.15, 0.2) is 12.1 Å². The van der Waals surface area contributed by atoms with Gasteiger partial charge in [0.25, 0.3) is 0 Å². The third-order valence-corrected chi connectivity index (χ3v) is 5.29. The maximum atomic E-state index is 12.8. The maximum Gasteiger partial charge on any atom is 0.180 e. The number of hydrogen-bond donors (Lipinski definition) is 1. The highest BCUT2D eigenvalue weighted by Crippen LogP contribution is 2.34. The zero-order valence-electron chi connectivity index (χ0n) is 12.8. The van der Waals surface area contributed by atoms with Crippen LogP contribution >= 0.6 is 0 Å². The molecule has 1 saturated carbocycles. The van der Waals surface area contributed by atoms with Crippen molar-refractivity contribution in [3.63, 3.8) is 0 Å². The van der Waals surface area contributed by atoms with E-state index in [2.05, 4.69) is 38.2 Å². The van der Waals surface area contributed by atoms with Gasteiger partial charge in [-0.15, -0.1) is 0 Å². The Bertz CT molecular complexity index is 520. The predicted molar refractivity (Wildman–Crippen MR) is 82.3 cm³/mol. The summed E-state index contributed by atoms with van der Waals surface area (Å²) >= 11 is 0. The predicted octanol–water partition coefficient (Wildman–Crippen LogP) is 3.72. The van der Waals surface area contributed by atoms with Crippen molar-refractivity contribution in [3.05, 3.63) is 34.4 Å². The van der Waals surface area contributed by atoms with E-state index in [9.17, 15) is 4.79 Å². The summed E-state index contributed by atoms with van der Waals surface area (Å²) in [4.78, 5) is 12.8. The van der Waals surface area contributed by atoms with Gasteiger partial charge in [-0.05, 0) is 68.7 Å². The van der Waals surface area contributed by atoms with Crippen molar-refractivity contribution in [1.29, 1.82) is 0 Å². The van der Waals surface area contributed by atoms with Gasteiger partial charge >= 0.3 is 0 Å². The first kappa shape index (κ1) is 13.8. The van der Waals surface area contributed by atoms with Crippen molar-refractivity contribution in [2.24, 2.45) is 5.92 Å². The molecule has 2 heteroatoms. The first-order valence-corrected chi connectivity index (χ1v) is 7.94. The molecule has 3 atom stereocenters. The van der Waals surface area contributed by atoms with Gasteiger partial charge in [-0.2, -0.15) is 0 Å². The Labute approximate surface area is 122 Å². The SMILES string of the molecule is Cc1cc(C)c(C(=O)C2CC3CCCCC3N2)cc1C. The van der Waals surface area contributed by atoms with Crippen molar-refractivity contribution < 1.29 is 4.79 Å². The Hall–Kier alpha value is -1.15. The molecule has 20 heavy (non-hydrogen) atoms. The van der Waals surface area contributed by atoms with Crippen molar-refractivity contribution in [2.45, 2.75) is 65.0 Å². The fourth-order valence-corrected chi connectivity index (χ4v) is 3.93. The minimum atomic E-state index is 0.0453. The number of Topliss-reactive ketones (excluding diaryl/α,β-unsaturated/α-hetero) is 1. The summed E-state index contributed by atoms with van der Waals surface area (Å²) in [5.41, 5.74) is 4.53. The lowest BCUT2D eigenvalue weighted by Crippen LogP contribution is -2.37. The second-order valence-electron chi connectivity index (χ2n) is 6.72. The van der Waals surface area contributed by atoms with E-state index in [0.717, 1.165) is 23.5 Å². The molecule has 2 fully saturated rings. The van der Waals surface area contributed by atoms with E-state index in [4.69, 9.17) is 0 Å². The average molecular weight is 271 g/mol. The van der Waals surface area contributed by atoms with Gasteiger partial charge in [0.05, 0.1) is 6.04 Å². The summed E-state index contributed by atoms with van der Waals surface area (Å²) in [5.74, 6) is 1.03. The average Bonchev–Trinajstić information content (AvgIpc) is 2.86. The van der Waals surface area contributed by atoms with Gasteiger partial charge in [-0.1, -0.05) is 18.9 Å². The Morgan fingerprint density at radius 3 is 2.50 bits per heavy atom. The third kappa shape index (κ3) is 2.42. The molecule has 1 heterocycles. The van der Waals surface area contributed by atoms with E-state index >= 15 is 0 Å². The summed E-state index contributed by atoms with van der Waals surface area (Å²) in [5, 5.41) is 3.60. The second kappa shape index (κ2) is 5.33. The molecule has 1 N–H and O–H groups in total. The van der Waals surface area contributed by atoms with Gasteiger partial charge in [0.15, 0.2) is 5.78 Å². The summed E-state index contributed by atoms with van der Waals surface area (Å²) in [6.45, 7) is 6.26. The van der Waals surface area contributed by atoms with Crippen molar-refractivity contribution in [3.8, 4) is 0 Å². The van der Waals surface area contributed by atoms with Crippen LogP contribution in [0.5, 0.6) is 0 Å². The van der Waals surface area contributed by atoms with E-state index in [-0.39, 0.29) is 6.04 Å². The topological polar surface area (TPSA) is 29.1 Å². The Morgan fingerprint density at radius 1 is 1.05 bits per heavy atom. The number of ketones is 1. The molecule has 1 aromatic rings. The van der Waals surface area contributed by atoms with E-state index in [1.54, 1.807) is 0 Å². The number of carbonyl (C=O) groups excluding carboxylic acids is 1. The zero-order valence-corrected chi connectivity index (χ0v) is 12.8. The van der Waals surface area contributed by atoms with Crippen LogP contribution in [0.3, 0.4) is 0 Å². The molecule has 1 aromatic carbocycles. The van der Waals surface area contributed by atoms with E-state index < -0.39 is 0 Å². The van der Waals surface area contributed by atoms with Gasteiger partial charge in [-0.25, -0.2) is 0 Å². The normalized spacial score (nSPS) is 29.2. The number of fused-ring (bicyclic) bond motifs is 1. The first-order valence-electron chi connectivity index (χ1n) is 7.94. The highest BCUT2D eigenvalue weighted by atomic mass is 16.1. The molecule has 108 valence electrons. The van der Waals surface area contributed by atoms with Gasteiger partial charge < -0.3 is 5.32 Å². The summed E-state index contributed by atoms with van der Waals surface area (Å²) < 4.78 is 0. The van der Waals surface area contributed by atoms with Crippen LogP contribution in [0.25, 0.3) is 0 Å². The molecule has 1 aliphatic heterocycles. The molecule has 2 nitrogen and oxygen atoms in total. The lowest BCUT2D eigenvalue weighted by molar-refractivity contribution is 0.0948. The van der Waals surface area contributed by atoms with Gasteiger partial charge in [-0.3, -0.25) is 4.79 Å². The smallest absolute Gasteiger partial charge is 0.180 e. The highest BCUT2D eigenvalue weighted by Gasteiger charge is 2.38. The maximum absolute atomic E-state index is 12.8. The number of rotatable bonds is 2. The highest BCUT2D eigenvalue weighted by molar-refractivity contribution is 6.01. The number of carbonyl (C=O) groups is 1. The van der Waals surface area contributed by atoms with Crippen molar-refractivity contribution in [1.82, 2.24) is 5.32 Å². The summed E-state index contributed by atoms with van der Waals surface area (Å²) in [7, 11) is 0. The summed E-state index contributed by atoms with van der Waals surface area (Å²) in [6, 6.07) is 4.86. The molecule has 1 aliphatic carbocycles. The van der Waals surface area contributed by atoms with Crippen molar-refractivity contribution in [2.75, 3.05) is 0 Å². The molecular weight excluding hydrogens is 246 g/mol. The summed E-state index contributed by atoms with van der Waals surface area (Å²) in [6.07, 6.45) is 6.24. The number of hydrogen-bond acceptors (Lipinski definition) is 2. The van der Waals surface area contributed by atoms with E-state index in [0.29, 0.717) is 11.8 Å². The van der Waals surface area contributed by atoms with Crippen LogP contribution < -0.4 is 5.32 Å². The fourth-order valence-electron chi connectivity index (χ4n) is 3.93. The molecule has 0 amide bonds. The Balaban J connectivity index is 1.81. The monoisotopic (exact) mass is 271 g/mol. The van der Waals surface area contributed by atoms with E-state index in [1.807, 2.05) is 0 Å². The molecule has 0 bridgehead atoms. The minimum Gasteiger partial charge on any atom is -0.304 e. The Morgan fingerprint density at radius 2 is 1.75 bits per heavy atom. The number of nitrogens with one attached hydrogen (secondary N) is 1. The molecule has 0 radical (unpaired) electrons. The fraction of sp³-hybridized carbons (Fsp3) is 0.611. The van der Waals surface area contributed by atoms with Crippen LogP contribution in [0.4, 0.5) is 0 Å². The molecule has 1 saturated heterocycles. The third-order valence-electron chi connectivity index (χ3n) is 5.29. The lowest BCUT2D eigenvalue weighted by atomic mass is 9.84. The molecule has 0 spiro atoms. The second-order valence-corrected chi connectivity index (χ2v) is 6.72. The van der Waals surface area contributed by atoms with Gasteiger partial charge in [0, 0.05) is 11.6 Å². The van der Waals surface area contributed by atoms with Crippen LogP contribution in [0.1, 0.15) is 59.2 Å². The molecule has 0 aromatic heterocycles. The first-order chi connectivity index (χ1) is 9.56. The molecular formula is C18H25NO. The van der Waals surface area contributed by atoms with Crippen LogP contribution in [-0.4, -0.2) is 17.9 Å². The zero-order chi connectivity index (χ0) is 14.3. The van der Waals surface area contributed by atoms with Crippen LogP contribution in [0.2, 0.25) is 0 Å². The number of benzene rings is 1. The van der Waals surface area contributed by atoms with Crippen LogP contribution in [-0.2, 0) is 0 Å². The standard InChI is InChI=1S/C18H25NO/c1-11-8-13(3)15(9-12(11)2)18(20)17-10-14-6-4-5-7-16(14)19-17/h8-9,14,16-17,19H,4-7,10H2,1-3H3. The van der Waals surface area contributed by atoms with Gasteiger partial charge in [0.1, 0.15) is 0 Å². The van der Waals surface area contributed by atoms with Crippen molar-refractivity contribution >= 4 is 5.78 Å².